The van der Waals surface area contributed by atoms with Gasteiger partial charge in [0.05, 0.1) is 5.56 Å². The van der Waals surface area contributed by atoms with Gasteiger partial charge in [-0.05, 0) is 45.6 Å². The molecule has 5 heteroatoms. The van der Waals surface area contributed by atoms with E-state index in [4.69, 9.17) is 0 Å². The highest BCUT2D eigenvalue weighted by molar-refractivity contribution is 5.95. The fourth-order valence-corrected chi connectivity index (χ4v) is 2.94. The number of aromatic nitrogens is 1. The number of hydrogen-bond donors (Lipinski definition) is 1. The Labute approximate surface area is 125 Å². The monoisotopic (exact) mass is 293 g/mol. The van der Waals surface area contributed by atoms with Crippen LogP contribution in [0.5, 0.6) is 0 Å². The fraction of sp³-hybridized carbons (Fsp3) is 0.625. The van der Waals surface area contributed by atoms with Gasteiger partial charge in [-0.25, -0.2) is 9.37 Å². The summed E-state index contributed by atoms with van der Waals surface area (Å²) in [6, 6.07) is 1.78. The predicted octanol–water partition coefficient (Wildman–Crippen LogP) is 3.45. The maximum Gasteiger partial charge on any atom is 0.257 e. The van der Waals surface area contributed by atoms with Crippen molar-refractivity contribution in [2.24, 2.45) is 0 Å². The van der Waals surface area contributed by atoms with E-state index in [9.17, 15) is 9.18 Å². The van der Waals surface area contributed by atoms with E-state index < -0.39 is 5.82 Å². The molecule has 1 aromatic heterocycles. The Morgan fingerprint density at radius 3 is 2.71 bits per heavy atom. The first kappa shape index (κ1) is 15.7. The average molecular weight is 293 g/mol. The van der Waals surface area contributed by atoms with Gasteiger partial charge in [-0.2, -0.15) is 0 Å². The topological polar surface area (TPSA) is 45.2 Å². The zero-order chi connectivity index (χ0) is 15.4. The van der Waals surface area contributed by atoms with Crippen LogP contribution in [0.1, 0.15) is 56.8 Å². The number of anilines is 1. The van der Waals surface area contributed by atoms with Gasteiger partial charge in [-0.15, -0.1) is 0 Å². The Morgan fingerprint density at radius 2 is 2.10 bits per heavy atom. The molecule has 1 N–H and O–H groups in total. The number of amides is 1. The molecule has 1 amide bonds. The van der Waals surface area contributed by atoms with E-state index >= 15 is 0 Å². The molecule has 0 spiro atoms. The molecule has 2 atom stereocenters. The van der Waals surface area contributed by atoms with Gasteiger partial charge in [0.15, 0.2) is 11.6 Å². The van der Waals surface area contributed by atoms with Gasteiger partial charge in [-0.1, -0.05) is 6.92 Å². The number of nitrogens with one attached hydrogen (secondary N) is 1. The molecular weight excluding hydrogens is 269 g/mol. The predicted molar refractivity (Wildman–Crippen MR) is 81.9 cm³/mol. The summed E-state index contributed by atoms with van der Waals surface area (Å²) in [6.45, 7) is 6.70. The van der Waals surface area contributed by atoms with Gasteiger partial charge in [0.1, 0.15) is 0 Å². The molecule has 0 aromatic carbocycles. The Kier molecular flexibility index (Phi) is 5.15. The minimum Gasteiger partial charge on any atom is -0.368 e. The van der Waals surface area contributed by atoms with Gasteiger partial charge in [0.25, 0.3) is 5.91 Å². The fourth-order valence-electron chi connectivity index (χ4n) is 2.94. The molecule has 1 aliphatic heterocycles. The summed E-state index contributed by atoms with van der Waals surface area (Å²) < 4.78 is 14.5. The molecule has 0 unspecified atom stereocenters. The van der Waals surface area contributed by atoms with Crippen molar-refractivity contribution in [2.75, 3.05) is 11.9 Å². The number of carbonyl (C=O) groups is 1. The van der Waals surface area contributed by atoms with Crippen LogP contribution >= 0.6 is 0 Å². The van der Waals surface area contributed by atoms with Crippen molar-refractivity contribution in [1.29, 1.82) is 0 Å². The van der Waals surface area contributed by atoms with Crippen LogP contribution in [0.2, 0.25) is 0 Å². The lowest BCUT2D eigenvalue weighted by Gasteiger charge is -2.39. The largest absolute Gasteiger partial charge is 0.368 e. The molecule has 0 radical (unpaired) electrons. The Bertz CT molecular complexity index is 496. The molecule has 0 bridgehead atoms. The summed E-state index contributed by atoms with van der Waals surface area (Å²) in [5.74, 6) is -0.602. The number of piperidine rings is 1. The smallest absolute Gasteiger partial charge is 0.257 e. The minimum absolute atomic E-state index is 0.115. The van der Waals surface area contributed by atoms with Crippen molar-refractivity contribution in [3.8, 4) is 0 Å². The normalized spacial score (nSPS) is 22.2. The maximum atomic E-state index is 14.5. The summed E-state index contributed by atoms with van der Waals surface area (Å²) in [4.78, 5) is 18.5. The van der Waals surface area contributed by atoms with E-state index in [1.54, 1.807) is 0 Å². The van der Waals surface area contributed by atoms with Crippen LogP contribution < -0.4 is 5.32 Å². The van der Waals surface area contributed by atoms with Gasteiger partial charge in [-0.3, -0.25) is 4.79 Å². The summed E-state index contributed by atoms with van der Waals surface area (Å²) in [6.07, 6.45) is 5.44. The second-order valence-electron chi connectivity index (χ2n) is 5.79. The molecule has 0 aliphatic carbocycles. The number of halogens is 1. The first-order valence-electron chi connectivity index (χ1n) is 7.77. The van der Waals surface area contributed by atoms with E-state index in [2.05, 4.69) is 10.3 Å². The van der Waals surface area contributed by atoms with Crippen LogP contribution in [-0.2, 0) is 0 Å². The highest BCUT2D eigenvalue weighted by Gasteiger charge is 2.31. The molecule has 1 aliphatic rings. The zero-order valence-electron chi connectivity index (χ0n) is 13.0. The molecule has 1 saturated heterocycles. The summed E-state index contributed by atoms with van der Waals surface area (Å²) in [7, 11) is 0. The van der Waals surface area contributed by atoms with Gasteiger partial charge in [0.2, 0.25) is 0 Å². The highest BCUT2D eigenvalue weighted by Crippen LogP contribution is 2.26. The van der Waals surface area contributed by atoms with E-state index in [0.717, 1.165) is 25.7 Å². The molecule has 116 valence electrons. The Morgan fingerprint density at radius 1 is 1.43 bits per heavy atom. The Balaban J connectivity index is 2.26. The van der Waals surface area contributed by atoms with E-state index in [1.807, 2.05) is 25.7 Å². The van der Waals surface area contributed by atoms with Crippen LogP contribution in [0, 0.1) is 5.82 Å². The van der Waals surface area contributed by atoms with Gasteiger partial charge in [0, 0.05) is 24.8 Å². The van der Waals surface area contributed by atoms with Crippen molar-refractivity contribution in [2.45, 2.75) is 58.5 Å². The molecule has 2 heterocycles. The van der Waals surface area contributed by atoms with Crippen LogP contribution in [0.25, 0.3) is 0 Å². The second-order valence-corrected chi connectivity index (χ2v) is 5.79. The zero-order valence-corrected chi connectivity index (χ0v) is 13.0. The van der Waals surface area contributed by atoms with Crippen molar-refractivity contribution in [1.82, 2.24) is 9.88 Å². The van der Waals surface area contributed by atoms with Crippen molar-refractivity contribution >= 4 is 11.7 Å². The molecule has 4 nitrogen and oxygen atoms in total. The molecule has 0 saturated carbocycles. The second kappa shape index (κ2) is 6.87. The van der Waals surface area contributed by atoms with Crippen molar-refractivity contribution in [3.63, 3.8) is 0 Å². The van der Waals surface area contributed by atoms with E-state index in [-0.39, 0.29) is 29.4 Å². The van der Waals surface area contributed by atoms with E-state index in [0.29, 0.717) is 6.54 Å². The quantitative estimate of drug-likeness (QED) is 0.925. The van der Waals surface area contributed by atoms with Gasteiger partial charge < -0.3 is 10.2 Å². The molecule has 1 aromatic rings. The number of carbonyl (C=O) groups excluding carboxylic acids is 1. The number of pyridine rings is 1. The summed E-state index contributed by atoms with van der Waals surface area (Å²) in [5, 5.41) is 2.93. The molecular formula is C16H24FN3O. The third-order valence-corrected chi connectivity index (χ3v) is 4.09. The van der Waals surface area contributed by atoms with Crippen LogP contribution in [-0.4, -0.2) is 34.4 Å². The number of nitrogens with zero attached hydrogens (tertiary/aromatic N) is 2. The van der Waals surface area contributed by atoms with Crippen LogP contribution in [0.3, 0.4) is 0 Å². The average Bonchev–Trinajstić information content (AvgIpc) is 2.46. The van der Waals surface area contributed by atoms with Crippen LogP contribution in [0.15, 0.2) is 12.3 Å². The maximum absolute atomic E-state index is 14.5. The lowest BCUT2D eigenvalue weighted by molar-refractivity contribution is 0.0506. The number of rotatable bonds is 4. The van der Waals surface area contributed by atoms with E-state index in [1.165, 1.54) is 12.3 Å². The number of likely N-dealkylation sites (tertiary alicyclic amines) is 1. The standard InChI is InChI=1S/C16H24FN3O/c1-4-9-18-15-14(17)13(8-10-19-15)16(21)20-11(2)6-5-7-12(20)3/h8,10-12H,4-7,9H2,1-3H3,(H,18,19)/t11-,12+. The van der Waals surface area contributed by atoms with Crippen molar-refractivity contribution < 1.29 is 9.18 Å². The molecule has 2 rings (SSSR count). The SMILES string of the molecule is CCCNc1nccc(C(=O)N2[C@H](C)CCC[C@@H]2C)c1F. The first-order valence-corrected chi connectivity index (χ1v) is 7.77. The van der Waals surface area contributed by atoms with Crippen LogP contribution in [0.4, 0.5) is 10.2 Å². The molecule has 1 fully saturated rings. The lowest BCUT2D eigenvalue weighted by Crippen LogP contribution is -2.47. The minimum atomic E-state index is -0.541. The van der Waals surface area contributed by atoms with Gasteiger partial charge >= 0.3 is 0 Å². The third kappa shape index (κ3) is 3.34. The van der Waals surface area contributed by atoms with Crippen molar-refractivity contribution in [3.05, 3.63) is 23.6 Å². The molecule has 21 heavy (non-hydrogen) atoms. The lowest BCUT2D eigenvalue weighted by atomic mass is 9.96. The summed E-state index contributed by atoms with van der Waals surface area (Å²) in [5.41, 5.74) is 0.115. The summed E-state index contributed by atoms with van der Waals surface area (Å²) >= 11 is 0. The highest BCUT2D eigenvalue weighted by atomic mass is 19.1. The Hall–Kier alpha value is -1.65. The third-order valence-electron chi connectivity index (χ3n) is 4.09. The number of hydrogen-bond acceptors (Lipinski definition) is 3. The first-order chi connectivity index (χ1) is 10.1.